The van der Waals surface area contributed by atoms with Crippen molar-refractivity contribution in [2.24, 2.45) is 5.92 Å². The van der Waals surface area contributed by atoms with Crippen molar-refractivity contribution in [3.8, 4) is 0 Å². The molecule has 0 saturated carbocycles. The van der Waals surface area contributed by atoms with Crippen LogP contribution in [-0.2, 0) is 0 Å². The van der Waals surface area contributed by atoms with Crippen LogP contribution in [0.1, 0.15) is 30.3 Å². The van der Waals surface area contributed by atoms with Gasteiger partial charge in [0, 0.05) is 26.2 Å². The number of anilines is 1. The Balaban J connectivity index is 1.87. The molecule has 0 spiro atoms. The minimum atomic E-state index is -0.00533. The summed E-state index contributed by atoms with van der Waals surface area (Å²) in [5.41, 5.74) is 0.433. The van der Waals surface area contributed by atoms with Crippen LogP contribution in [0.2, 0.25) is 0 Å². The molecule has 2 rings (SSSR count). The summed E-state index contributed by atoms with van der Waals surface area (Å²) in [4.78, 5) is 16.3. The molecule has 0 aromatic carbocycles. The van der Waals surface area contributed by atoms with Crippen LogP contribution >= 0.6 is 0 Å². The molecule has 0 unspecified atom stereocenters. The SMILES string of the molecule is CC1CCN(C(=O)c2ccc(NCCN(C)C)nn2)CC1. The zero-order valence-electron chi connectivity index (χ0n) is 13.2. The van der Waals surface area contributed by atoms with Gasteiger partial charge in [0.1, 0.15) is 5.82 Å². The van der Waals surface area contributed by atoms with Crippen molar-refractivity contribution in [2.45, 2.75) is 19.8 Å². The van der Waals surface area contributed by atoms with E-state index in [4.69, 9.17) is 0 Å². The summed E-state index contributed by atoms with van der Waals surface area (Å²) in [6.07, 6.45) is 2.15. The number of likely N-dealkylation sites (N-methyl/N-ethyl adjacent to an activating group) is 1. The van der Waals surface area contributed by atoms with Gasteiger partial charge in [0.05, 0.1) is 0 Å². The van der Waals surface area contributed by atoms with E-state index in [1.807, 2.05) is 25.1 Å². The predicted molar refractivity (Wildman–Crippen MR) is 83.4 cm³/mol. The van der Waals surface area contributed by atoms with Crippen LogP contribution in [0, 0.1) is 5.92 Å². The zero-order valence-corrected chi connectivity index (χ0v) is 13.2. The minimum Gasteiger partial charge on any atom is -0.367 e. The summed E-state index contributed by atoms with van der Waals surface area (Å²) in [5, 5.41) is 11.3. The van der Waals surface area contributed by atoms with E-state index in [-0.39, 0.29) is 5.91 Å². The van der Waals surface area contributed by atoms with Crippen molar-refractivity contribution < 1.29 is 4.79 Å². The molecule has 1 amide bonds. The Bertz CT molecular complexity index is 452. The number of rotatable bonds is 5. The van der Waals surface area contributed by atoms with Crippen LogP contribution in [0.15, 0.2) is 12.1 Å². The predicted octanol–water partition coefficient (Wildman–Crippen LogP) is 1.32. The molecular weight excluding hydrogens is 266 g/mol. The van der Waals surface area contributed by atoms with Gasteiger partial charge < -0.3 is 15.1 Å². The molecule has 1 aromatic heterocycles. The summed E-state index contributed by atoms with van der Waals surface area (Å²) in [6, 6.07) is 3.58. The molecule has 6 heteroatoms. The fraction of sp³-hybridized carbons (Fsp3) is 0.667. The average Bonchev–Trinajstić information content (AvgIpc) is 2.48. The molecule has 1 aliphatic heterocycles. The topological polar surface area (TPSA) is 61.4 Å². The number of nitrogens with one attached hydrogen (secondary N) is 1. The lowest BCUT2D eigenvalue weighted by molar-refractivity contribution is 0.0690. The summed E-state index contributed by atoms with van der Waals surface area (Å²) in [5.74, 6) is 1.42. The molecule has 0 aliphatic carbocycles. The Morgan fingerprint density at radius 1 is 1.33 bits per heavy atom. The van der Waals surface area contributed by atoms with Gasteiger partial charge in [-0.15, -0.1) is 10.2 Å². The van der Waals surface area contributed by atoms with Gasteiger partial charge in [-0.3, -0.25) is 4.79 Å². The smallest absolute Gasteiger partial charge is 0.274 e. The average molecular weight is 291 g/mol. The van der Waals surface area contributed by atoms with Crippen LogP contribution in [-0.4, -0.2) is 66.2 Å². The lowest BCUT2D eigenvalue weighted by Crippen LogP contribution is -2.38. The molecule has 116 valence electrons. The maximum Gasteiger partial charge on any atom is 0.274 e. The van der Waals surface area contributed by atoms with Crippen molar-refractivity contribution >= 4 is 11.7 Å². The number of nitrogens with zero attached hydrogens (tertiary/aromatic N) is 4. The number of piperidine rings is 1. The number of amides is 1. The van der Waals surface area contributed by atoms with E-state index in [1.54, 1.807) is 6.07 Å². The number of likely N-dealkylation sites (tertiary alicyclic amines) is 1. The number of carbonyl (C=O) groups is 1. The third-order valence-electron chi connectivity index (χ3n) is 3.82. The highest BCUT2D eigenvalue weighted by atomic mass is 16.2. The van der Waals surface area contributed by atoms with Crippen LogP contribution in [0.25, 0.3) is 0 Å². The maximum absolute atomic E-state index is 12.3. The monoisotopic (exact) mass is 291 g/mol. The van der Waals surface area contributed by atoms with Gasteiger partial charge in [-0.2, -0.15) is 0 Å². The Morgan fingerprint density at radius 3 is 2.62 bits per heavy atom. The maximum atomic E-state index is 12.3. The second-order valence-corrected chi connectivity index (χ2v) is 6.01. The molecule has 6 nitrogen and oxygen atoms in total. The highest BCUT2D eigenvalue weighted by Crippen LogP contribution is 2.17. The quantitative estimate of drug-likeness (QED) is 0.886. The highest BCUT2D eigenvalue weighted by molar-refractivity contribution is 5.92. The van der Waals surface area contributed by atoms with E-state index >= 15 is 0 Å². The fourth-order valence-corrected chi connectivity index (χ4v) is 2.32. The van der Waals surface area contributed by atoms with Gasteiger partial charge in [-0.05, 0) is 45.0 Å². The van der Waals surface area contributed by atoms with Crippen molar-refractivity contribution in [2.75, 3.05) is 45.6 Å². The first kappa shape index (κ1) is 15.7. The highest BCUT2D eigenvalue weighted by Gasteiger charge is 2.22. The lowest BCUT2D eigenvalue weighted by Gasteiger charge is -2.29. The Hall–Kier alpha value is -1.69. The standard InChI is InChI=1S/C15H25N5O/c1-12-6-9-20(10-7-12)15(21)13-4-5-14(18-17-13)16-8-11-19(2)3/h4-5,12H,6-11H2,1-3H3,(H,16,18). The van der Waals surface area contributed by atoms with Crippen LogP contribution in [0.5, 0.6) is 0 Å². The van der Waals surface area contributed by atoms with E-state index in [9.17, 15) is 4.79 Å². The zero-order chi connectivity index (χ0) is 15.2. The summed E-state index contributed by atoms with van der Waals surface area (Å²) in [7, 11) is 4.04. The second-order valence-electron chi connectivity index (χ2n) is 6.01. The van der Waals surface area contributed by atoms with Gasteiger partial charge in [0.25, 0.3) is 5.91 Å². The molecular formula is C15H25N5O. The molecule has 0 radical (unpaired) electrons. The van der Waals surface area contributed by atoms with Crippen LogP contribution in [0.4, 0.5) is 5.82 Å². The summed E-state index contributed by atoms with van der Waals surface area (Å²) in [6.45, 7) is 5.61. The third-order valence-corrected chi connectivity index (χ3v) is 3.82. The first-order valence-electron chi connectivity index (χ1n) is 7.58. The fourth-order valence-electron chi connectivity index (χ4n) is 2.32. The molecule has 21 heavy (non-hydrogen) atoms. The number of aromatic nitrogens is 2. The first-order valence-corrected chi connectivity index (χ1v) is 7.58. The van der Waals surface area contributed by atoms with E-state index in [2.05, 4.69) is 27.3 Å². The summed E-state index contributed by atoms with van der Waals surface area (Å²) >= 11 is 0. The Labute approximate surface area is 126 Å². The molecule has 2 heterocycles. The molecule has 1 saturated heterocycles. The van der Waals surface area contributed by atoms with E-state index in [1.165, 1.54) is 0 Å². The number of hydrogen-bond donors (Lipinski definition) is 1. The lowest BCUT2D eigenvalue weighted by atomic mass is 9.99. The van der Waals surface area contributed by atoms with Crippen molar-refractivity contribution in [1.29, 1.82) is 0 Å². The molecule has 0 atom stereocenters. The first-order chi connectivity index (χ1) is 10.1. The van der Waals surface area contributed by atoms with Crippen molar-refractivity contribution in [1.82, 2.24) is 20.0 Å². The van der Waals surface area contributed by atoms with Gasteiger partial charge in [-0.1, -0.05) is 6.92 Å². The molecule has 0 bridgehead atoms. The molecule has 1 aliphatic rings. The largest absolute Gasteiger partial charge is 0.367 e. The van der Waals surface area contributed by atoms with Crippen LogP contribution in [0.3, 0.4) is 0 Å². The number of hydrogen-bond acceptors (Lipinski definition) is 5. The normalized spacial score (nSPS) is 16.3. The van der Waals surface area contributed by atoms with Gasteiger partial charge in [0.2, 0.25) is 0 Å². The van der Waals surface area contributed by atoms with E-state index < -0.39 is 0 Å². The molecule has 1 aromatic rings. The van der Waals surface area contributed by atoms with Gasteiger partial charge in [-0.25, -0.2) is 0 Å². The Kier molecular flexibility index (Phi) is 5.50. The minimum absolute atomic E-state index is 0.00533. The van der Waals surface area contributed by atoms with Gasteiger partial charge in [0.15, 0.2) is 5.69 Å². The molecule has 1 N–H and O–H groups in total. The summed E-state index contributed by atoms with van der Waals surface area (Å²) < 4.78 is 0. The van der Waals surface area contributed by atoms with Crippen molar-refractivity contribution in [3.05, 3.63) is 17.8 Å². The van der Waals surface area contributed by atoms with Crippen molar-refractivity contribution in [3.63, 3.8) is 0 Å². The number of carbonyl (C=O) groups excluding carboxylic acids is 1. The van der Waals surface area contributed by atoms with Crippen LogP contribution < -0.4 is 5.32 Å². The van der Waals surface area contributed by atoms with E-state index in [0.717, 1.165) is 39.0 Å². The third kappa shape index (κ3) is 4.67. The second kappa shape index (κ2) is 7.36. The van der Waals surface area contributed by atoms with E-state index in [0.29, 0.717) is 17.4 Å². The van der Waals surface area contributed by atoms with Gasteiger partial charge >= 0.3 is 0 Å². The molecule has 1 fully saturated rings. The Morgan fingerprint density at radius 2 is 2.05 bits per heavy atom.